The number of amides is 2. The Morgan fingerprint density at radius 1 is 1.19 bits per heavy atom. The number of carboxylic acid groups (broad SMARTS) is 1. The summed E-state index contributed by atoms with van der Waals surface area (Å²) >= 11 is 14.8. The third-order valence-corrected chi connectivity index (χ3v) is 8.12. The lowest BCUT2D eigenvalue weighted by atomic mass is 10.1. The first-order valence-electron chi connectivity index (χ1n) is 10.5. The maximum atomic E-state index is 13.4. The van der Waals surface area contributed by atoms with E-state index < -0.39 is 17.8 Å². The average Bonchev–Trinajstić information content (AvgIpc) is 3.54. The van der Waals surface area contributed by atoms with E-state index in [0.717, 1.165) is 9.56 Å². The maximum Gasteiger partial charge on any atom is 0.337 e. The second kappa shape index (κ2) is 10.6. The molecule has 3 aromatic rings. The number of carbonyl (C=O) groups excluding carboxylic acids is 3. The smallest absolute Gasteiger partial charge is 0.337 e. The zero-order valence-electron chi connectivity index (χ0n) is 19.0. The summed E-state index contributed by atoms with van der Waals surface area (Å²) < 4.78 is 1.63. The van der Waals surface area contributed by atoms with E-state index in [1.54, 1.807) is 20.2 Å². The molecule has 3 heterocycles. The molecular formula is C22H19Cl2N5O5S2. The fraction of sp³-hybridized carbons (Fsp3) is 0.273. The van der Waals surface area contributed by atoms with Crippen LogP contribution >= 0.6 is 46.3 Å². The highest BCUT2D eigenvalue weighted by Crippen LogP contribution is 2.31. The van der Waals surface area contributed by atoms with Gasteiger partial charge in [-0.1, -0.05) is 41.0 Å². The van der Waals surface area contributed by atoms with Gasteiger partial charge < -0.3 is 14.9 Å². The molecule has 2 amide bonds. The molecule has 10 nitrogen and oxygen atoms in total. The standard InChI is InChI=1S/C22H19Cl2N5O5S2/c1-27(2)22(34)28-8-14(15(30)9-28)18-25-21(35-10-11-6-7-16(23)36-11)29(26-18)19(31)12-4-3-5-13(17(12)24)20(32)33/h3-7,14H,8-10H2,1-2H3,(H,32,33). The first-order chi connectivity index (χ1) is 17.1. The number of aromatic carboxylic acids is 1. The Morgan fingerprint density at radius 3 is 2.56 bits per heavy atom. The number of benzene rings is 1. The molecule has 1 fully saturated rings. The van der Waals surface area contributed by atoms with Gasteiger partial charge in [-0.15, -0.1) is 16.4 Å². The van der Waals surface area contributed by atoms with Crippen LogP contribution in [0.4, 0.5) is 4.79 Å². The van der Waals surface area contributed by atoms with Crippen LogP contribution in [0.5, 0.6) is 0 Å². The van der Waals surface area contributed by atoms with Crippen LogP contribution in [0.15, 0.2) is 35.5 Å². The van der Waals surface area contributed by atoms with Crippen molar-refractivity contribution in [2.45, 2.75) is 16.8 Å². The number of carbonyl (C=O) groups is 4. The van der Waals surface area contributed by atoms with Crippen LogP contribution in [0.25, 0.3) is 0 Å². The molecule has 1 saturated heterocycles. The average molecular weight is 568 g/mol. The Bertz CT molecular complexity index is 1370. The molecule has 1 aliphatic heterocycles. The number of likely N-dealkylation sites (tertiary alicyclic amines) is 1. The number of carboxylic acids is 1. The molecule has 1 N–H and O–H groups in total. The molecule has 0 radical (unpaired) electrons. The number of rotatable bonds is 6. The van der Waals surface area contributed by atoms with Crippen LogP contribution in [-0.4, -0.2) is 80.5 Å². The Morgan fingerprint density at radius 2 is 1.92 bits per heavy atom. The van der Waals surface area contributed by atoms with Crippen molar-refractivity contribution in [2.24, 2.45) is 0 Å². The summed E-state index contributed by atoms with van der Waals surface area (Å²) in [6.07, 6.45) is 0. The molecule has 1 aliphatic rings. The molecule has 188 valence electrons. The Kier molecular flexibility index (Phi) is 7.69. The van der Waals surface area contributed by atoms with E-state index in [9.17, 15) is 24.3 Å². The number of halogens is 2. The third kappa shape index (κ3) is 5.26. The number of aromatic nitrogens is 3. The monoisotopic (exact) mass is 567 g/mol. The van der Waals surface area contributed by atoms with Gasteiger partial charge in [0.15, 0.2) is 16.8 Å². The van der Waals surface area contributed by atoms with Crippen LogP contribution in [0, 0.1) is 0 Å². The lowest BCUT2D eigenvalue weighted by molar-refractivity contribution is -0.118. The molecule has 0 saturated carbocycles. The van der Waals surface area contributed by atoms with Gasteiger partial charge in [-0.3, -0.25) is 9.59 Å². The van der Waals surface area contributed by atoms with E-state index in [0.29, 0.717) is 10.1 Å². The summed E-state index contributed by atoms with van der Waals surface area (Å²) in [6, 6.07) is 7.38. The van der Waals surface area contributed by atoms with E-state index in [1.165, 1.54) is 51.1 Å². The SMILES string of the molecule is CN(C)C(=O)N1CC(=O)C(c2nc(SCc3ccc(Cl)s3)n(C(=O)c3cccc(C(=O)O)c3Cl)n2)C1. The minimum absolute atomic E-state index is 0.0730. The molecule has 2 aromatic heterocycles. The van der Waals surface area contributed by atoms with Crippen molar-refractivity contribution in [2.75, 3.05) is 27.2 Å². The summed E-state index contributed by atoms with van der Waals surface area (Å²) in [6.45, 7) is -0.0131. The van der Waals surface area contributed by atoms with Crippen LogP contribution in [-0.2, 0) is 10.5 Å². The molecule has 0 spiro atoms. The minimum atomic E-state index is -1.28. The fourth-order valence-corrected chi connectivity index (χ4v) is 5.92. The highest BCUT2D eigenvalue weighted by Gasteiger charge is 2.38. The molecule has 4 rings (SSSR count). The van der Waals surface area contributed by atoms with Crippen molar-refractivity contribution in [1.82, 2.24) is 24.6 Å². The van der Waals surface area contributed by atoms with Gasteiger partial charge in [0.2, 0.25) is 0 Å². The normalized spacial score (nSPS) is 15.4. The predicted molar refractivity (Wildman–Crippen MR) is 135 cm³/mol. The van der Waals surface area contributed by atoms with E-state index in [2.05, 4.69) is 10.1 Å². The molecule has 14 heteroatoms. The number of urea groups is 1. The van der Waals surface area contributed by atoms with Crippen molar-refractivity contribution in [3.8, 4) is 0 Å². The molecule has 0 bridgehead atoms. The van der Waals surface area contributed by atoms with E-state index in [1.807, 2.05) is 6.07 Å². The van der Waals surface area contributed by atoms with Gasteiger partial charge in [0, 0.05) is 31.3 Å². The van der Waals surface area contributed by atoms with Gasteiger partial charge in [0.25, 0.3) is 5.91 Å². The van der Waals surface area contributed by atoms with Gasteiger partial charge in [-0.2, -0.15) is 4.68 Å². The summed E-state index contributed by atoms with van der Waals surface area (Å²) in [5, 5.41) is 13.7. The number of thioether (sulfide) groups is 1. The van der Waals surface area contributed by atoms with Crippen LogP contribution in [0.2, 0.25) is 9.36 Å². The quantitative estimate of drug-likeness (QED) is 0.443. The summed E-state index contributed by atoms with van der Waals surface area (Å²) in [5.74, 6) is -2.50. The number of ketones is 1. The van der Waals surface area contributed by atoms with Gasteiger partial charge >= 0.3 is 12.0 Å². The molecule has 36 heavy (non-hydrogen) atoms. The van der Waals surface area contributed by atoms with E-state index in [4.69, 9.17) is 23.2 Å². The molecular weight excluding hydrogens is 549 g/mol. The topological polar surface area (TPSA) is 126 Å². The highest BCUT2D eigenvalue weighted by atomic mass is 35.5. The summed E-state index contributed by atoms with van der Waals surface area (Å²) in [5.41, 5.74) is -0.301. The highest BCUT2D eigenvalue weighted by molar-refractivity contribution is 7.98. The summed E-state index contributed by atoms with van der Waals surface area (Å²) in [7, 11) is 3.18. The number of nitrogens with zero attached hydrogens (tertiary/aromatic N) is 5. The number of hydrogen-bond donors (Lipinski definition) is 1. The maximum absolute atomic E-state index is 13.4. The second-order valence-corrected chi connectivity index (χ2v) is 11.1. The van der Waals surface area contributed by atoms with Crippen molar-refractivity contribution < 1.29 is 24.3 Å². The van der Waals surface area contributed by atoms with Gasteiger partial charge in [-0.05, 0) is 24.3 Å². The van der Waals surface area contributed by atoms with E-state index >= 15 is 0 Å². The van der Waals surface area contributed by atoms with E-state index in [-0.39, 0.29) is 52.0 Å². The molecule has 1 aromatic carbocycles. The summed E-state index contributed by atoms with van der Waals surface area (Å²) in [4.78, 5) is 58.2. The lowest BCUT2D eigenvalue weighted by Crippen LogP contribution is -2.37. The second-order valence-electron chi connectivity index (χ2n) is 8.01. The molecule has 1 atom stereocenters. The third-order valence-electron chi connectivity index (χ3n) is 5.32. The Hall–Kier alpha value is -2.93. The number of hydrogen-bond acceptors (Lipinski definition) is 8. The van der Waals surface area contributed by atoms with Crippen LogP contribution in [0.3, 0.4) is 0 Å². The number of thiophene rings is 1. The van der Waals surface area contributed by atoms with Gasteiger partial charge in [0.05, 0.1) is 32.9 Å². The lowest BCUT2D eigenvalue weighted by Gasteiger charge is -2.19. The molecule has 1 unspecified atom stereocenters. The van der Waals surface area contributed by atoms with Crippen molar-refractivity contribution in [3.05, 3.63) is 61.5 Å². The molecule has 0 aliphatic carbocycles. The fourth-order valence-electron chi connectivity index (χ4n) is 3.57. The zero-order chi connectivity index (χ0) is 26.1. The van der Waals surface area contributed by atoms with Crippen molar-refractivity contribution >= 4 is 70.0 Å². The largest absolute Gasteiger partial charge is 0.478 e. The van der Waals surface area contributed by atoms with Gasteiger partial charge in [0.1, 0.15) is 0 Å². The zero-order valence-corrected chi connectivity index (χ0v) is 22.1. The number of Topliss-reactive ketones (excluding diaryl/α,β-unsaturated/α-hetero) is 1. The van der Waals surface area contributed by atoms with Crippen LogP contribution < -0.4 is 0 Å². The predicted octanol–water partition coefficient (Wildman–Crippen LogP) is 3.98. The van der Waals surface area contributed by atoms with Crippen molar-refractivity contribution in [1.29, 1.82) is 0 Å². The minimum Gasteiger partial charge on any atom is -0.478 e. The van der Waals surface area contributed by atoms with Crippen molar-refractivity contribution in [3.63, 3.8) is 0 Å². The first-order valence-corrected chi connectivity index (χ1v) is 13.0. The first kappa shape index (κ1) is 26.1. The van der Waals surface area contributed by atoms with Gasteiger partial charge in [-0.25, -0.2) is 14.6 Å². The van der Waals surface area contributed by atoms with Crippen LogP contribution in [0.1, 0.15) is 37.3 Å². The Labute approximate surface area is 223 Å². The Balaban J connectivity index is 1.70.